The lowest BCUT2D eigenvalue weighted by Crippen LogP contribution is -2.32. The number of amides is 1. The van der Waals surface area contributed by atoms with Crippen molar-refractivity contribution in [2.24, 2.45) is 0 Å². The standard InChI is InChI=1S/C28H34N2O7/c1-6-35-23-16-18(7-10-22(23)37-17(2)3)25-24(27(32)28(33)30(25)12-13-34-5)26(31)19-8-9-21-20(15-19)29(4)11-14-36-21/h7-10,15-17,25,31H,6,11-14H2,1-5H3/b26-24+. The summed E-state index contributed by atoms with van der Waals surface area (Å²) in [6.45, 7) is 7.80. The molecule has 0 aromatic heterocycles. The second-order valence-corrected chi connectivity index (χ2v) is 9.24. The predicted molar refractivity (Wildman–Crippen MR) is 139 cm³/mol. The van der Waals surface area contributed by atoms with Crippen molar-refractivity contribution in [1.29, 1.82) is 0 Å². The lowest BCUT2D eigenvalue weighted by Gasteiger charge is -2.28. The molecule has 0 saturated carbocycles. The van der Waals surface area contributed by atoms with E-state index in [4.69, 9.17) is 18.9 Å². The summed E-state index contributed by atoms with van der Waals surface area (Å²) in [5.74, 6) is 0.0737. The van der Waals surface area contributed by atoms with E-state index in [1.165, 1.54) is 12.0 Å². The molecule has 4 rings (SSSR count). The molecule has 2 aromatic carbocycles. The fourth-order valence-electron chi connectivity index (χ4n) is 4.61. The van der Waals surface area contributed by atoms with Gasteiger partial charge in [0.15, 0.2) is 11.5 Å². The van der Waals surface area contributed by atoms with Crippen LogP contribution in [0, 0.1) is 0 Å². The summed E-state index contributed by atoms with van der Waals surface area (Å²) in [5, 5.41) is 11.5. The van der Waals surface area contributed by atoms with Crippen LogP contribution in [0.5, 0.6) is 17.2 Å². The van der Waals surface area contributed by atoms with Crippen LogP contribution < -0.4 is 19.1 Å². The maximum absolute atomic E-state index is 13.3. The smallest absolute Gasteiger partial charge is 0.295 e. The number of ether oxygens (including phenoxy) is 4. The van der Waals surface area contributed by atoms with E-state index < -0.39 is 17.7 Å². The van der Waals surface area contributed by atoms with Crippen molar-refractivity contribution in [1.82, 2.24) is 4.90 Å². The van der Waals surface area contributed by atoms with Gasteiger partial charge in [-0.05, 0) is 56.7 Å². The third kappa shape index (κ3) is 5.22. The monoisotopic (exact) mass is 510 g/mol. The third-order valence-corrected chi connectivity index (χ3v) is 6.35. The molecule has 1 amide bonds. The molecule has 1 N–H and O–H groups in total. The van der Waals surface area contributed by atoms with Crippen molar-refractivity contribution in [2.45, 2.75) is 32.9 Å². The maximum Gasteiger partial charge on any atom is 0.295 e. The number of likely N-dealkylation sites (tertiary alicyclic amines) is 1. The van der Waals surface area contributed by atoms with E-state index >= 15 is 0 Å². The molecular weight excluding hydrogens is 476 g/mol. The van der Waals surface area contributed by atoms with Gasteiger partial charge in [0.05, 0.1) is 43.2 Å². The first-order valence-corrected chi connectivity index (χ1v) is 12.5. The number of Topliss-reactive ketones (excluding diaryl/α,β-unsaturated/α-hetero) is 1. The van der Waals surface area contributed by atoms with Crippen molar-refractivity contribution in [3.8, 4) is 17.2 Å². The number of nitrogens with zero attached hydrogens (tertiary/aromatic N) is 2. The lowest BCUT2D eigenvalue weighted by molar-refractivity contribution is -0.140. The largest absolute Gasteiger partial charge is 0.507 e. The van der Waals surface area contributed by atoms with Crippen LogP contribution >= 0.6 is 0 Å². The number of aliphatic hydroxyl groups excluding tert-OH is 1. The predicted octanol–water partition coefficient (Wildman–Crippen LogP) is 3.77. The SMILES string of the molecule is CCOc1cc(C2/C(=C(\O)c3ccc4c(c3)N(C)CCO4)C(=O)C(=O)N2CCOC)ccc1OC(C)C. The van der Waals surface area contributed by atoms with Crippen LogP contribution in [0.3, 0.4) is 0 Å². The maximum atomic E-state index is 13.3. The number of fused-ring (bicyclic) bond motifs is 1. The van der Waals surface area contributed by atoms with Crippen LogP contribution in [0.4, 0.5) is 5.69 Å². The third-order valence-electron chi connectivity index (χ3n) is 6.35. The van der Waals surface area contributed by atoms with E-state index in [2.05, 4.69) is 0 Å². The summed E-state index contributed by atoms with van der Waals surface area (Å²) in [4.78, 5) is 29.9. The van der Waals surface area contributed by atoms with Gasteiger partial charge < -0.3 is 33.9 Å². The lowest BCUT2D eigenvalue weighted by atomic mass is 9.94. The van der Waals surface area contributed by atoms with Crippen molar-refractivity contribution in [2.75, 3.05) is 52.0 Å². The molecule has 37 heavy (non-hydrogen) atoms. The molecule has 2 aromatic rings. The number of hydrogen-bond donors (Lipinski definition) is 1. The van der Waals surface area contributed by atoms with E-state index in [0.717, 1.165) is 5.69 Å². The average molecular weight is 511 g/mol. The number of benzene rings is 2. The number of rotatable bonds is 9. The highest BCUT2D eigenvalue weighted by molar-refractivity contribution is 6.46. The van der Waals surface area contributed by atoms with E-state index in [-0.39, 0.29) is 30.6 Å². The number of hydrogen-bond acceptors (Lipinski definition) is 8. The first-order valence-electron chi connectivity index (χ1n) is 12.5. The molecule has 2 heterocycles. The molecule has 9 heteroatoms. The Morgan fingerprint density at radius 1 is 1.16 bits per heavy atom. The quantitative estimate of drug-likeness (QED) is 0.309. The highest BCUT2D eigenvalue weighted by Gasteiger charge is 2.46. The molecule has 1 fully saturated rings. The van der Waals surface area contributed by atoms with Gasteiger partial charge in [-0.3, -0.25) is 9.59 Å². The summed E-state index contributed by atoms with van der Waals surface area (Å²) in [6, 6.07) is 9.72. The number of carbonyl (C=O) groups excluding carboxylic acids is 2. The number of ketones is 1. The number of carbonyl (C=O) groups is 2. The minimum atomic E-state index is -0.826. The van der Waals surface area contributed by atoms with Crippen LogP contribution in [0.1, 0.15) is 37.9 Å². The Morgan fingerprint density at radius 3 is 2.65 bits per heavy atom. The molecule has 2 aliphatic rings. The molecule has 0 radical (unpaired) electrons. The zero-order chi connectivity index (χ0) is 26.7. The molecule has 0 spiro atoms. The highest BCUT2D eigenvalue weighted by Crippen LogP contribution is 2.43. The van der Waals surface area contributed by atoms with E-state index in [1.807, 2.05) is 32.7 Å². The van der Waals surface area contributed by atoms with Crippen LogP contribution in [-0.2, 0) is 14.3 Å². The van der Waals surface area contributed by atoms with Crippen molar-refractivity contribution < 1.29 is 33.6 Å². The Balaban J connectivity index is 1.85. The summed E-state index contributed by atoms with van der Waals surface area (Å²) in [6.07, 6.45) is -0.0662. The van der Waals surface area contributed by atoms with Gasteiger partial charge in [0.2, 0.25) is 0 Å². The summed E-state index contributed by atoms with van der Waals surface area (Å²) < 4.78 is 22.6. The number of methoxy groups -OCH3 is 1. The Bertz CT molecular complexity index is 1210. The molecule has 1 unspecified atom stereocenters. The van der Waals surface area contributed by atoms with Gasteiger partial charge in [-0.25, -0.2) is 0 Å². The molecule has 2 aliphatic heterocycles. The van der Waals surface area contributed by atoms with Gasteiger partial charge in [0, 0.05) is 26.3 Å². The van der Waals surface area contributed by atoms with Crippen LogP contribution in [0.2, 0.25) is 0 Å². The molecular formula is C28H34N2O7. The van der Waals surface area contributed by atoms with E-state index in [0.29, 0.717) is 48.1 Å². The molecule has 0 aliphatic carbocycles. The fraction of sp³-hybridized carbons (Fsp3) is 0.429. The number of anilines is 1. The second-order valence-electron chi connectivity index (χ2n) is 9.24. The van der Waals surface area contributed by atoms with E-state index in [1.54, 1.807) is 36.4 Å². The van der Waals surface area contributed by atoms with Gasteiger partial charge in [-0.1, -0.05) is 6.07 Å². The minimum absolute atomic E-state index is 0.0143. The minimum Gasteiger partial charge on any atom is -0.507 e. The first-order chi connectivity index (χ1) is 17.8. The Labute approximate surface area is 217 Å². The zero-order valence-corrected chi connectivity index (χ0v) is 21.9. The van der Waals surface area contributed by atoms with Crippen LogP contribution in [-0.4, -0.2) is 74.9 Å². The van der Waals surface area contributed by atoms with Crippen molar-refractivity contribution in [3.63, 3.8) is 0 Å². The summed E-state index contributed by atoms with van der Waals surface area (Å²) in [7, 11) is 3.47. The fourth-order valence-corrected chi connectivity index (χ4v) is 4.61. The van der Waals surface area contributed by atoms with Gasteiger partial charge >= 0.3 is 0 Å². The molecule has 9 nitrogen and oxygen atoms in total. The summed E-state index contributed by atoms with van der Waals surface area (Å²) >= 11 is 0. The topological polar surface area (TPSA) is 97.8 Å². The second kappa shape index (κ2) is 11.1. The number of aliphatic hydroxyl groups is 1. The van der Waals surface area contributed by atoms with Gasteiger partial charge in [-0.2, -0.15) is 0 Å². The highest BCUT2D eigenvalue weighted by atomic mass is 16.5. The Kier molecular flexibility index (Phi) is 7.92. The van der Waals surface area contributed by atoms with Crippen molar-refractivity contribution >= 4 is 23.1 Å². The summed E-state index contributed by atoms with van der Waals surface area (Å²) in [5.41, 5.74) is 1.86. The van der Waals surface area contributed by atoms with Gasteiger partial charge in [0.25, 0.3) is 11.7 Å². The van der Waals surface area contributed by atoms with E-state index in [9.17, 15) is 14.7 Å². The first kappa shape index (κ1) is 26.3. The van der Waals surface area contributed by atoms with Gasteiger partial charge in [0.1, 0.15) is 18.1 Å². The number of likely N-dealkylation sites (N-methyl/N-ethyl adjacent to an activating group) is 1. The van der Waals surface area contributed by atoms with Gasteiger partial charge in [-0.15, -0.1) is 0 Å². The normalized spacial score (nSPS) is 18.7. The van der Waals surface area contributed by atoms with Crippen LogP contribution in [0.25, 0.3) is 5.76 Å². The Hall–Kier alpha value is -3.72. The molecule has 198 valence electrons. The molecule has 1 atom stereocenters. The van der Waals surface area contributed by atoms with Crippen molar-refractivity contribution in [3.05, 3.63) is 53.1 Å². The molecule has 1 saturated heterocycles. The molecule has 0 bridgehead atoms. The zero-order valence-electron chi connectivity index (χ0n) is 21.9. The average Bonchev–Trinajstić information content (AvgIpc) is 3.13. The Morgan fingerprint density at radius 2 is 1.95 bits per heavy atom. The van der Waals surface area contributed by atoms with Crippen LogP contribution in [0.15, 0.2) is 42.0 Å².